The van der Waals surface area contributed by atoms with Crippen LogP contribution in [0.2, 0.25) is 0 Å². The van der Waals surface area contributed by atoms with Gasteiger partial charge >= 0.3 is 0 Å². The highest BCUT2D eigenvalue weighted by Crippen LogP contribution is 2.39. The lowest BCUT2D eigenvalue weighted by molar-refractivity contribution is 0.507. The average Bonchev–Trinajstić information content (AvgIpc) is 3.49. The minimum atomic E-state index is -0.0110. The molecule has 380 valence electrons. The maximum absolute atomic E-state index is 6.58. The van der Waals surface area contributed by atoms with Crippen molar-refractivity contribution in [1.29, 1.82) is 0 Å². The van der Waals surface area contributed by atoms with Gasteiger partial charge in [-0.2, -0.15) is 0 Å². The second-order valence-corrected chi connectivity index (χ2v) is 18.6. The molecule has 1 aliphatic carbocycles. The molecule has 9 aromatic carbocycles. The first kappa shape index (κ1) is 54.9. The normalized spacial score (nSPS) is 15.2. The quantitative estimate of drug-likeness (QED) is 0.0904. The van der Waals surface area contributed by atoms with Crippen LogP contribution in [0, 0.1) is 0 Å². The number of fused-ring (bicyclic) bond motifs is 4. The van der Waals surface area contributed by atoms with Crippen molar-refractivity contribution < 1.29 is 0 Å². The maximum atomic E-state index is 6.58. The van der Waals surface area contributed by atoms with Crippen molar-refractivity contribution in [3.8, 4) is 22.3 Å². The molecule has 0 bridgehead atoms. The third-order valence-electron chi connectivity index (χ3n) is 13.7. The van der Waals surface area contributed by atoms with E-state index in [0.29, 0.717) is 6.54 Å². The molecule has 0 saturated carbocycles. The number of anilines is 1. The van der Waals surface area contributed by atoms with E-state index >= 15 is 0 Å². The lowest BCUT2D eigenvalue weighted by Crippen LogP contribution is -2.37. The van der Waals surface area contributed by atoms with Crippen molar-refractivity contribution in [3.05, 3.63) is 282 Å². The summed E-state index contributed by atoms with van der Waals surface area (Å²) in [5, 5.41) is 15.1. The van der Waals surface area contributed by atoms with Gasteiger partial charge in [0.15, 0.2) is 0 Å². The molecule has 0 radical (unpaired) electrons. The standard InChI is InChI=1S/C35H29N3.C24H23N.C6H10.C4H8.C2H6/c36-22-23-10-11-27-21-31(17-15-25(27)18-23)35-37-33-9-5-4-8-32(33)34(38-35)30-16-14-28-19-26(12-13-29(28)20-30)24-6-2-1-3-7-24;1-17-7-5-6-10-23(17)24(25)22-14-13-20-15-19(11-12-21(20)16-22)18-8-3-2-4-9-18;1-3-5-6-4-2;1-3-4-2;1-2/h1-21,34-35,37-38H,22,36H2;2-5,7-9,11-16,24H,6,10,25H2,1H3;3-6H,1-2H3;3-4H,1-2H3;1-2H3/b;;5-3-,6-4-;4-3-;. The lowest BCUT2D eigenvalue weighted by atomic mass is 9.88. The number of nitrogens with one attached hydrogen (secondary N) is 2. The fourth-order valence-corrected chi connectivity index (χ4v) is 9.56. The topological polar surface area (TPSA) is 76.1 Å². The van der Waals surface area contributed by atoms with Crippen molar-refractivity contribution in [2.24, 2.45) is 11.5 Å². The Hall–Kier alpha value is -7.86. The van der Waals surface area contributed by atoms with Crippen molar-refractivity contribution in [2.45, 2.75) is 86.1 Å². The SMILES string of the molecule is C/C=C\C.C/C=C\C=C/C.CC.CC1=C(C(N)c2ccc3cc(-c4ccccc4)ccc3c2)CCC=C1.NCc1ccc2cc(C3Nc4ccccc4C(c4ccc5cc(-c6ccccc6)ccc5c4)N3)ccc2c1. The van der Waals surface area contributed by atoms with Gasteiger partial charge in [-0.25, -0.2) is 0 Å². The number of para-hydroxylation sites is 1. The summed E-state index contributed by atoms with van der Waals surface area (Å²) in [5.41, 5.74) is 27.4. The number of nitrogens with two attached hydrogens (primary N) is 2. The Morgan fingerprint density at radius 2 is 1.03 bits per heavy atom. The molecule has 4 heteroatoms. The van der Waals surface area contributed by atoms with Gasteiger partial charge in [0.2, 0.25) is 0 Å². The molecule has 9 aromatic rings. The van der Waals surface area contributed by atoms with E-state index in [1.165, 1.54) is 93.7 Å². The van der Waals surface area contributed by atoms with Crippen LogP contribution in [0.1, 0.15) is 107 Å². The Balaban J connectivity index is 0.000000190. The monoisotopic (exact) mass is 985 g/mol. The van der Waals surface area contributed by atoms with Crippen LogP contribution in [0.25, 0.3) is 54.6 Å². The Bertz CT molecular complexity index is 3400. The van der Waals surface area contributed by atoms with Gasteiger partial charge in [-0.1, -0.05) is 220 Å². The summed E-state index contributed by atoms with van der Waals surface area (Å²) >= 11 is 0. The Labute approximate surface area is 447 Å². The van der Waals surface area contributed by atoms with Crippen LogP contribution in [0.5, 0.6) is 0 Å². The Kier molecular flexibility index (Phi) is 20.5. The molecule has 3 atom stereocenters. The predicted octanol–water partition coefficient (Wildman–Crippen LogP) is 18.8. The van der Waals surface area contributed by atoms with Crippen LogP contribution in [-0.4, -0.2) is 0 Å². The molecule has 0 amide bonds. The highest BCUT2D eigenvalue weighted by Gasteiger charge is 2.28. The predicted molar refractivity (Wildman–Crippen MR) is 328 cm³/mol. The number of benzene rings is 9. The first-order valence-electron chi connectivity index (χ1n) is 26.8. The fourth-order valence-electron chi connectivity index (χ4n) is 9.56. The maximum Gasteiger partial charge on any atom is 0.104 e. The first-order valence-corrected chi connectivity index (χ1v) is 26.8. The van der Waals surface area contributed by atoms with E-state index in [1.54, 1.807) is 0 Å². The molecular weight excluding hydrogens is 909 g/mol. The molecule has 2 aliphatic rings. The molecule has 6 N–H and O–H groups in total. The van der Waals surface area contributed by atoms with E-state index in [0.717, 1.165) is 18.4 Å². The van der Waals surface area contributed by atoms with E-state index in [-0.39, 0.29) is 18.2 Å². The van der Waals surface area contributed by atoms with Gasteiger partial charge in [0.05, 0.1) is 12.1 Å². The summed E-state index contributed by atoms with van der Waals surface area (Å²) in [4.78, 5) is 0. The largest absolute Gasteiger partial charge is 0.366 e. The second kappa shape index (κ2) is 28.0. The van der Waals surface area contributed by atoms with Gasteiger partial charge in [0.25, 0.3) is 0 Å². The van der Waals surface area contributed by atoms with E-state index < -0.39 is 0 Å². The molecule has 0 aromatic heterocycles. The zero-order valence-corrected chi connectivity index (χ0v) is 45.1. The van der Waals surface area contributed by atoms with Gasteiger partial charge in [-0.15, -0.1) is 0 Å². The van der Waals surface area contributed by atoms with Crippen LogP contribution in [0.15, 0.2) is 254 Å². The molecule has 11 rings (SSSR count). The van der Waals surface area contributed by atoms with E-state index in [2.05, 4.69) is 224 Å². The minimum Gasteiger partial charge on any atom is -0.366 e. The molecule has 0 spiro atoms. The highest BCUT2D eigenvalue weighted by atomic mass is 15.2. The zero-order chi connectivity index (χ0) is 52.9. The molecule has 4 nitrogen and oxygen atoms in total. The second-order valence-electron chi connectivity index (χ2n) is 18.6. The van der Waals surface area contributed by atoms with Gasteiger partial charge in [-0.3, -0.25) is 5.32 Å². The van der Waals surface area contributed by atoms with Crippen molar-refractivity contribution in [1.82, 2.24) is 5.32 Å². The van der Waals surface area contributed by atoms with E-state index in [1.807, 2.05) is 78.0 Å². The molecule has 1 aliphatic heterocycles. The summed E-state index contributed by atoms with van der Waals surface area (Å²) in [6.45, 7) is 14.7. The molecule has 75 heavy (non-hydrogen) atoms. The third kappa shape index (κ3) is 14.3. The van der Waals surface area contributed by atoms with Gasteiger partial charge < -0.3 is 16.8 Å². The van der Waals surface area contributed by atoms with Gasteiger partial charge in [0.1, 0.15) is 6.17 Å². The number of hydrogen-bond donors (Lipinski definition) is 4. The number of hydrogen-bond acceptors (Lipinski definition) is 4. The third-order valence-corrected chi connectivity index (χ3v) is 13.7. The summed E-state index contributed by atoms with van der Waals surface area (Å²) in [5.74, 6) is 0. The number of rotatable bonds is 8. The van der Waals surface area contributed by atoms with E-state index in [9.17, 15) is 0 Å². The van der Waals surface area contributed by atoms with Crippen LogP contribution >= 0.6 is 0 Å². The van der Waals surface area contributed by atoms with Crippen molar-refractivity contribution in [2.75, 3.05) is 5.32 Å². The Morgan fingerprint density at radius 1 is 0.520 bits per heavy atom. The smallest absolute Gasteiger partial charge is 0.104 e. The summed E-state index contributed by atoms with van der Waals surface area (Å²) in [7, 11) is 0. The minimum absolute atomic E-state index is 0.00959. The van der Waals surface area contributed by atoms with Crippen molar-refractivity contribution in [3.63, 3.8) is 0 Å². The van der Waals surface area contributed by atoms with Crippen LogP contribution in [-0.2, 0) is 6.54 Å². The van der Waals surface area contributed by atoms with Crippen molar-refractivity contribution >= 4 is 38.0 Å². The van der Waals surface area contributed by atoms with E-state index in [4.69, 9.17) is 11.5 Å². The molecule has 0 fully saturated rings. The van der Waals surface area contributed by atoms with Crippen LogP contribution < -0.4 is 22.1 Å². The van der Waals surface area contributed by atoms with Gasteiger partial charge in [0, 0.05) is 12.2 Å². The summed E-state index contributed by atoms with van der Waals surface area (Å²) in [6.07, 6.45) is 18.6. The lowest BCUT2D eigenvalue weighted by Gasteiger charge is -2.35. The fraction of sp³-hybridized carbons (Fsp3) is 0.183. The first-order chi connectivity index (χ1) is 36.8. The highest BCUT2D eigenvalue weighted by molar-refractivity contribution is 5.89. The zero-order valence-electron chi connectivity index (χ0n) is 45.1. The summed E-state index contributed by atoms with van der Waals surface area (Å²) in [6, 6.07) is 69.8. The number of allylic oxidation sites excluding steroid dienone is 9. The average molecular weight is 985 g/mol. The van der Waals surface area contributed by atoms with Gasteiger partial charge in [-0.05, 0) is 178 Å². The molecule has 3 unspecified atom stereocenters. The molecular formula is C71H76N4. The summed E-state index contributed by atoms with van der Waals surface area (Å²) < 4.78 is 0. The van der Waals surface area contributed by atoms with Crippen LogP contribution in [0.4, 0.5) is 5.69 Å². The molecule has 0 saturated heterocycles. The van der Waals surface area contributed by atoms with Crippen LogP contribution in [0.3, 0.4) is 0 Å². The Morgan fingerprint density at radius 3 is 1.61 bits per heavy atom. The molecule has 1 heterocycles.